The topological polar surface area (TPSA) is 58.9 Å². The Labute approximate surface area is 85.8 Å². The van der Waals surface area contributed by atoms with E-state index in [1.54, 1.807) is 6.07 Å². The van der Waals surface area contributed by atoms with E-state index in [1.165, 1.54) is 19.3 Å². The lowest BCUT2D eigenvalue weighted by atomic mass is 10.2. The molecule has 0 aliphatic rings. The number of phenols is 1. The van der Waals surface area contributed by atoms with Gasteiger partial charge < -0.3 is 9.84 Å². The van der Waals surface area contributed by atoms with Gasteiger partial charge in [-0.2, -0.15) is 0 Å². The summed E-state index contributed by atoms with van der Waals surface area (Å²) in [5.41, 5.74) is 0.428. The van der Waals surface area contributed by atoms with Gasteiger partial charge in [-0.3, -0.25) is 0 Å². The number of ether oxygens (including phenoxy) is 1. The van der Waals surface area contributed by atoms with E-state index in [2.05, 4.69) is 4.99 Å². The number of methoxy groups -OCH3 is 1. The molecule has 1 N–H and O–H groups in total. The summed E-state index contributed by atoms with van der Waals surface area (Å²) < 4.78 is 4.93. The highest BCUT2D eigenvalue weighted by molar-refractivity contribution is 6.32. The van der Waals surface area contributed by atoms with Gasteiger partial charge in [0, 0.05) is 11.6 Å². The summed E-state index contributed by atoms with van der Waals surface area (Å²) in [4.78, 5) is 13.2. The van der Waals surface area contributed by atoms with Crippen LogP contribution >= 0.6 is 11.6 Å². The second-order valence-electron chi connectivity index (χ2n) is 2.52. The van der Waals surface area contributed by atoms with E-state index < -0.39 is 0 Å². The predicted molar refractivity (Wildman–Crippen MR) is 51.5 cm³/mol. The van der Waals surface area contributed by atoms with Gasteiger partial charge in [0.25, 0.3) is 0 Å². The van der Waals surface area contributed by atoms with Gasteiger partial charge in [-0.1, -0.05) is 11.6 Å². The van der Waals surface area contributed by atoms with Crippen LogP contribution in [-0.2, 0) is 11.3 Å². The molecule has 1 rings (SSSR count). The highest BCUT2D eigenvalue weighted by atomic mass is 35.5. The number of aliphatic imine (C=N–C) groups is 1. The Morgan fingerprint density at radius 2 is 2.36 bits per heavy atom. The Morgan fingerprint density at radius 3 is 2.93 bits per heavy atom. The third-order valence-corrected chi connectivity index (χ3v) is 1.95. The monoisotopic (exact) mass is 213 g/mol. The van der Waals surface area contributed by atoms with E-state index in [0.717, 1.165) is 0 Å². The van der Waals surface area contributed by atoms with Crippen molar-refractivity contribution in [3.63, 3.8) is 0 Å². The van der Waals surface area contributed by atoms with Crippen molar-refractivity contribution in [2.45, 2.75) is 6.54 Å². The van der Waals surface area contributed by atoms with Gasteiger partial charge in [-0.15, -0.1) is 0 Å². The zero-order chi connectivity index (χ0) is 10.6. The van der Waals surface area contributed by atoms with Gasteiger partial charge in [-0.05, 0) is 6.07 Å². The highest BCUT2D eigenvalue weighted by Gasteiger charge is 2.08. The Morgan fingerprint density at radius 1 is 1.64 bits per heavy atom. The Hall–Kier alpha value is -1.51. The summed E-state index contributed by atoms with van der Waals surface area (Å²) in [5, 5.41) is 9.63. The zero-order valence-electron chi connectivity index (χ0n) is 7.45. The van der Waals surface area contributed by atoms with Gasteiger partial charge >= 0.3 is 0 Å². The first-order valence-corrected chi connectivity index (χ1v) is 4.16. The lowest BCUT2D eigenvalue weighted by Crippen LogP contribution is -1.88. The molecular weight excluding hydrogens is 206 g/mol. The Kier molecular flexibility index (Phi) is 3.51. The van der Waals surface area contributed by atoms with Crippen molar-refractivity contribution in [3.05, 3.63) is 22.7 Å². The van der Waals surface area contributed by atoms with Crippen molar-refractivity contribution in [2.24, 2.45) is 4.99 Å². The van der Waals surface area contributed by atoms with Crippen LogP contribution in [0.5, 0.6) is 11.5 Å². The van der Waals surface area contributed by atoms with Gasteiger partial charge in [0.2, 0.25) is 6.08 Å². The van der Waals surface area contributed by atoms with Crippen LogP contribution in [0.1, 0.15) is 5.56 Å². The maximum absolute atomic E-state index is 9.89. The summed E-state index contributed by atoms with van der Waals surface area (Å²) >= 11 is 5.71. The molecule has 0 aliphatic carbocycles. The molecule has 0 amide bonds. The average Bonchev–Trinajstić information content (AvgIpc) is 2.20. The van der Waals surface area contributed by atoms with Crippen LogP contribution in [0.25, 0.3) is 0 Å². The maximum Gasteiger partial charge on any atom is 0.235 e. The normalized spacial score (nSPS) is 9.29. The number of benzene rings is 1. The van der Waals surface area contributed by atoms with Crippen LogP contribution in [0.3, 0.4) is 0 Å². The number of aromatic hydroxyl groups is 1. The fourth-order valence-corrected chi connectivity index (χ4v) is 1.21. The van der Waals surface area contributed by atoms with E-state index in [9.17, 15) is 9.90 Å². The fourth-order valence-electron chi connectivity index (χ4n) is 0.984. The molecule has 0 radical (unpaired) electrons. The fraction of sp³-hybridized carbons (Fsp3) is 0.222. The van der Waals surface area contributed by atoms with Crippen molar-refractivity contribution in [1.82, 2.24) is 0 Å². The van der Waals surface area contributed by atoms with Crippen LogP contribution in [0, 0.1) is 0 Å². The van der Waals surface area contributed by atoms with Crippen LogP contribution in [0.2, 0.25) is 5.02 Å². The summed E-state index contributed by atoms with van der Waals surface area (Å²) in [7, 11) is 1.48. The molecule has 0 atom stereocenters. The molecule has 0 spiro atoms. The van der Waals surface area contributed by atoms with Crippen molar-refractivity contribution in [2.75, 3.05) is 7.11 Å². The number of isocyanates is 1. The van der Waals surface area contributed by atoms with Crippen LogP contribution in [0.4, 0.5) is 0 Å². The first-order valence-electron chi connectivity index (χ1n) is 3.78. The van der Waals surface area contributed by atoms with Gasteiger partial charge in [-0.25, -0.2) is 9.79 Å². The van der Waals surface area contributed by atoms with Gasteiger partial charge in [0.1, 0.15) is 11.5 Å². The largest absolute Gasteiger partial charge is 0.506 e. The molecule has 1 aromatic carbocycles. The maximum atomic E-state index is 9.89. The molecule has 0 aromatic heterocycles. The molecule has 0 unspecified atom stereocenters. The lowest BCUT2D eigenvalue weighted by molar-refractivity contribution is 0.411. The second kappa shape index (κ2) is 4.65. The predicted octanol–water partition coefficient (Wildman–Crippen LogP) is 1.89. The minimum absolute atomic E-state index is 0.0340. The number of hydrogen-bond acceptors (Lipinski definition) is 4. The van der Waals surface area contributed by atoms with Crippen molar-refractivity contribution >= 4 is 17.7 Å². The van der Waals surface area contributed by atoms with Crippen molar-refractivity contribution in [3.8, 4) is 11.5 Å². The molecule has 0 fully saturated rings. The molecule has 5 heteroatoms. The van der Waals surface area contributed by atoms with Crippen molar-refractivity contribution in [1.29, 1.82) is 0 Å². The molecule has 0 saturated heterocycles. The summed E-state index contributed by atoms with van der Waals surface area (Å²) in [5.74, 6) is 0.412. The lowest BCUT2D eigenvalue weighted by Gasteiger charge is -2.06. The zero-order valence-corrected chi connectivity index (χ0v) is 8.21. The molecular formula is C9H8ClNO3. The number of carbonyl (C=O) groups excluding carboxylic acids is 1. The summed E-state index contributed by atoms with van der Waals surface area (Å²) in [6.07, 6.45) is 1.38. The van der Waals surface area contributed by atoms with E-state index in [-0.39, 0.29) is 17.3 Å². The van der Waals surface area contributed by atoms with E-state index in [4.69, 9.17) is 16.3 Å². The molecule has 1 aromatic rings. The molecule has 0 saturated carbocycles. The standard InChI is InChI=1S/C9H8ClNO3/c1-14-7-2-6(4-11-5-12)9(13)8(10)3-7/h2-3,13H,4H2,1H3. The van der Waals surface area contributed by atoms with E-state index in [0.29, 0.717) is 11.3 Å². The van der Waals surface area contributed by atoms with Crippen LogP contribution < -0.4 is 4.74 Å². The SMILES string of the molecule is COc1cc(Cl)c(O)c(CN=C=O)c1. The molecule has 14 heavy (non-hydrogen) atoms. The van der Waals surface area contributed by atoms with Crippen molar-refractivity contribution < 1.29 is 14.6 Å². The Bertz CT molecular complexity index is 386. The molecule has 0 heterocycles. The third kappa shape index (κ3) is 2.25. The number of hydrogen-bond donors (Lipinski definition) is 1. The third-order valence-electron chi connectivity index (χ3n) is 1.67. The minimum Gasteiger partial charge on any atom is -0.506 e. The molecule has 0 aliphatic heterocycles. The van der Waals surface area contributed by atoms with E-state index >= 15 is 0 Å². The van der Waals surface area contributed by atoms with Crippen LogP contribution in [0.15, 0.2) is 17.1 Å². The van der Waals surface area contributed by atoms with Crippen LogP contribution in [-0.4, -0.2) is 18.3 Å². The van der Waals surface area contributed by atoms with E-state index in [1.807, 2.05) is 0 Å². The number of halogens is 1. The summed E-state index contributed by atoms with van der Waals surface area (Å²) in [6.45, 7) is 0.0340. The first-order chi connectivity index (χ1) is 6.69. The Balaban J connectivity index is 3.12. The summed E-state index contributed by atoms with van der Waals surface area (Å²) in [6, 6.07) is 3.03. The van der Waals surface area contributed by atoms with Gasteiger partial charge in [0.05, 0.1) is 18.7 Å². The smallest absolute Gasteiger partial charge is 0.235 e. The average molecular weight is 214 g/mol. The number of nitrogens with zero attached hydrogens (tertiary/aromatic N) is 1. The number of rotatable bonds is 3. The molecule has 74 valence electrons. The second-order valence-corrected chi connectivity index (χ2v) is 2.93. The quantitative estimate of drug-likeness (QED) is 0.616. The van der Waals surface area contributed by atoms with Gasteiger partial charge in [0.15, 0.2) is 0 Å². The molecule has 4 nitrogen and oxygen atoms in total. The first kappa shape index (κ1) is 10.6. The highest BCUT2D eigenvalue weighted by Crippen LogP contribution is 2.32. The number of phenolic OH excluding ortho intramolecular Hbond substituents is 1. The minimum atomic E-state index is -0.0912. The molecule has 0 bridgehead atoms.